The van der Waals surface area contributed by atoms with Gasteiger partial charge in [0.25, 0.3) is 0 Å². The maximum absolute atomic E-state index is 11.8. The van der Waals surface area contributed by atoms with Crippen LogP contribution in [-0.4, -0.2) is 42.6 Å². The minimum Gasteiger partial charge on any atom is -0.383 e. The number of hydrogen-bond acceptors (Lipinski definition) is 3. The lowest BCUT2D eigenvalue weighted by molar-refractivity contribution is -0.131. The molecule has 0 aliphatic rings. The van der Waals surface area contributed by atoms with Crippen LogP contribution >= 0.6 is 0 Å². The SMILES string of the molecule is CCC(=O)N(CCCCCCCc1ccccn1)CCOC. The summed E-state index contributed by atoms with van der Waals surface area (Å²) in [4.78, 5) is 18.1. The van der Waals surface area contributed by atoms with E-state index in [-0.39, 0.29) is 5.91 Å². The van der Waals surface area contributed by atoms with Gasteiger partial charge in [0, 0.05) is 38.5 Å². The zero-order valence-corrected chi connectivity index (χ0v) is 14.1. The highest BCUT2D eigenvalue weighted by Crippen LogP contribution is 2.08. The predicted octanol–water partition coefficient (Wildman–Crippen LogP) is 3.46. The summed E-state index contributed by atoms with van der Waals surface area (Å²) in [5.74, 6) is 0.229. The minimum absolute atomic E-state index is 0.229. The lowest BCUT2D eigenvalue weighted by atomic mass is 10.1. The number of nitrogens with zero attached hydrogens (tertiary/aromatic N) is 2. The molecule has 0 unspecified atom stereocenters. The first kappa shape index (κ1) is 18.6. The van der Waals surface area contributed by atoms with E-state index in [1.54, 1.807) is 7.11 Å². The number of unbranched alkanes of at least 4 members (excludes halogenated alkanes) is 4. The second-order valence-corrected chi connectivity index (χ2v) is 5.57. The van der Waals surface area contributed by atoms with Gasteiger partial charge in [0.2, 0.25) is 5.91 Å². The van der Waals surface area contributed by atoms with Crippen molar-refractivity contribution in [3.8, 4) is 0 Å². The van der Waals surface area contributed by atoms with Gasteiger partial charge >= 0.3 is 0 Å². The summed E-state index contributed by atoms with van der Waals surface area (Å²) in [6, 6.07) is 6.09. The number of carbonyl (C=O) groups is 1. The molecule has 0 aliphatic carbocycles. The molecule has 22 heavy (non-hydrogen) atoms. The molecule has 0 aromatic carbocycles. The third kappa shape index (κ3) is 8.13. The molecule has 0 aliphatic heterocycles. The zero-order chi connectivity index (χ0) is 16.0. The molecule has 124 valence electrons. The monoisotopic (exact) mass is 306 g/mol. The summed E-state index contributed by atoms with van der Waals surface area (Å²) in [5, 5.41) is 0. The van der Waals surface area contributed by atoms with E-state index in [0.29, 0.717) is 19.6 Å². The number of aryl methyl sites for hydroxylation is 1. The Balaban J connectivity index is 2.06. The molecular weight excluding hydrogens is 276 g/mol. The Morgan fingerprint density at radius 2 is 1.91 bits per heavy atom. The first-order chi connectivity index (χ1) is 10.8. The highest BCUT2D eigenvalue weighted by molar-refractivity contribution is 5.75. The summed E-state index contributed by atoms with van der Waals surface area (Å²) >= 11 is 0. The van der Waals surface area contributed by atoms with Crippen molar-refractivity contribution in [1.82, 2.24) is 9.88 Å². The largest absolute Gasteiger partial charge is 0.383 e. The van der Waals surface area contributed by atoms with Crippen LogP contribution in [0.3, 0.4) is 0 Å². The average Bonchev–Trinajstić information content (AvgIpc) is 2.57. The van der Waals surface area contributed by atoms with Gasteiger partial charge in [0.1, 0.15) is 0 Å². The van der Waals surface area contributed by atoms with E-state index >= 15 is 0 Å². The summed E-state index contributed by atoms with van der Waals surface area (Å²) in [6.45, 7) is 4.11. The molecule has 4 nitrogen and oxygen atoms in total. The van der Waals surface area contributed by atoms with Gasteiger partial charge in [-0.2, -0.15) is 0 Å². The van der Waals surface area contributed by atoms with Crippen molar-refractivity contribution < 1.29 is 9.53 Å². The second-order valence-electron chi connectivity index (χ2n) is 5.57. The standard InChI is InChI=1S/C18H30N2O2/c1-3-18(21)20(15-16-22-2)14-10-6-4-5-7-11-17-12-8-9-13-19-17/h8-9,12-13H,3-7,10-11,14-16H2,1-2H3. The third-order valence-corrected chi connectivity index (χ3v) is 3.81. The van der Waals surface area contributed by atoms with Crippen LogP contribution in [0.5, 0.6) is 0 Å². The number of methoxy groups -OCH3 is 1. The van der Waals surface area contributed by atoms with Crippen LogP contribution in [0.25, 0.3) is 0 Å². The van der Waals surface area contributed by atoms with E-state index in [9.17, 15) is 4.79 Å². The Hall–Kier alpha value is -1.42. The Morgan fingerprint density at radius 1 is 1.14 bits per heavy atom. The first-order valence-corrected chi connectivity index (χ1v) is 8.44. The molecule has 0 fully saturated rings. The Bertz CT molecular complexity index is 395. The van der Waals surface area contributed by atoms with Crippen molar-refractivity contribution in [2.24, 2.45) is 0 Å². The number of hydrogen-bond donors (Lipinski definition) is 0. The van der Waals surface area contributed by atoms with Crippen LogP contribution in [0.1, 0.15) is 51.1 Å². The molecule has 1 aromatic rings. The molecule has 1 aromatic heterocycles. The fourth-order valence-corrected chi connectivity index (χ4v) is 2.47. The van der Waals surface area contributed by atoms with Gasteiger partial charge < -0.3 is 9.64 Å². The highest BCUT2D eigenvalue weighted by Gasteiger charge is 2.10. The molecule has 0 spiro atoms. The van der Waals surface area contributed by atoms with Crippen LogP contribution < -0.4 is 0 Å². The van der Waals surface area contributed by atoms with Crippen LogP contribution in [0.4, 0.5) is 0 Å². The van der Waals surface area contributed by atoms with E-state index in [0.717, 1.165) is 19.4 Å². The Kier molecular flexibility index (Phi) is 10.3. The smallest absolute Gasteiger partial charge is 0.222 e. The molecule has 1 rings (SSSR count). The maximum atomic E-state index is 11.8. The summed E-state index contributed by atoms with van der Waals surface area (Å²) in [6.07, 6.45) is 9.42. The molecule has 0 radical (unpaired) electrons. The lowest BCUT2D eigenvalue weighted by Gasteiger charge is -2.21. The molecule has 4 heteroatoms. The molecule has 0 bridgehead atoms. The molecule has 1 amide bonds. The highest BCUT2D eigenvalue weighted by atomic mass is 16.5. The number of pyridine rings is 1. The Morgan fingerprint density at radius 3 is 2.59 bits per heavy atom. The molecular formula is C18H30N2O2. The van der Waals surface area contributed by atoms with Crippen LogP contribution in [0.15, 0.2) is 24.4 Å². The van der Waals surface area contributed by atoms with Crippen LogP contribution in [0, 0.1) is 0 Å². The fourth-order valence-electron chi connectivity index (χ4n) is 2.47. The van der Waals surface area contributed by atoms with E-state index in [2.05, 4.69) is 11.1 Å². The van der Waals surface area contributed by atoms with E-state index in [4.69, 9.17) is 4.74 Å². The van der Waals surface area contributed by atoms with Crippen molar-refractivity contribution >= 4 is 5.91 Å². The average molecular weight is 306 g/mol. The molecule has 0 saturated carbocycles. The second kappa shape index (κ2) is 12.2. The van der Waals surface area contributed by atoms with Crippen LogP contribution in [0.2, 0.25) is 0 Å². The number of aromatic nitrogens is 1. The van der Waals surface area contributed by atoms with E-state index in [1.165, 1.54) is 31.4 Å². The van der Waals surface area contributed by atoms with Gasteiger partial charge in [-0.1, -0.05) is 32.3 Å². The van der Waals surface area contributed by atoms with Crippen molar-refractivity contribution in [3.05, 3.63) is 30.1 Å². The van der Waals surface area contributed by atoms with Gasteiger partial charge in [-0.3, -0.25) is 9.78 Å². The normalized spacial score (nSPS) is 10.6. The van der Waals surface area contributed by atoms with Gasteiger partial charge in [-0.05, 0) is 31.4 Å². The lowest BCUT2D eigenvalue weighted by Crippen LogP contribution is -2.34. The van der Waals surface area contributed by atoms with Gasteiger partial charge in [-0.15, -0.1) is 0 Å². The number of carbonyl (C=O) groups excluding carboxylic acids is 1. The molecule has 0 atom stereocenters. The summed E-state index contributed by atoms with van der Waals surface area (Å²) in [5.41, 5.74) is 1.18. The topological polar surface area (TPSA) is 42.4 Å². The van der Waals surface area contributed by atoms with Crippen molar-refractivity contribution in [2.75, 3.05) is 26.8 Å². The van der Waals surface area contributed by atoms with Crippen molar-refractivity contribution in [3.63, 3.8) is 0 Å². The minimum atomic E-state index is 0.229. The maximum Gasteiger partial charge on any atom is 0.222 e. The van der Waals surface area contributed by atoms with Gasteiger partial charge in [-0.25, -0.2) is 0 Å². The van der Waals surface area contributed by atoms with E-state index < -0.39 is 0 Å². The Labute approximate surface area is 134 Å². The summed E-state index contributed by atoms with van der Waals surface area (Å²) < 4.78 is 5.07. The fraction of sp³-hybridized carbons (Fsp3) is 0.667. The van der Waals surface area contributed by atoms with Crippen molar-refractivity contribution in [1.29, 1.82) is 0 Å². The third-order valence-electron chi connectivity index (χ3n) is 3.81. The number of amides is 1. The first-order valence-electron chi connectivity index (χ1n) is 8.44. The summed E-state index contributed by atoms with van der Waals surface area (Å²) in [7, 11) is 1.68. The number of rotatable bonds is 12. The van der Waals surface area contributed by atoms with Crippen LogP contribution in [-0.2, 0) is 16.0 Å². The predicted molar refractivity (Wildman–Crippen MR) is 89.8 cm³/mol. The molecule has 0 N–H and O–H groups in total. The van der Waals surface area contributed by atoms with Gasteiger partial charge in [0.05, 0.1) is 6.61 Å². The van der Waals surface area contributed by atoms with Crippen molar-refractivity contribution in [2.45, 2.75) is 51.9 Å². The number of ether oxygens (including phenoxy) is 1. The quantitative estimate of drug-likeness (QED) is 0.555. The zero-order valence-electron chi connectivity index (χ0n) is 14.1. The molecule has 0 saturated heterocycles. The van der Waals surface area contributed by atoms with Gasteiger partial charge in [0.15, 0.2) is 0 Å². The molecule has 1 heterocycles. The van der Waals surface area contributed by atoms with E-state index in [1.807, 2.05) is 30.2 Å².